The highest BCUT2D eigenvalue weighted by molar-refractivity contribution is 4.65. The van der Waals surface area contributed by atoms with E-state index in [0.717, 1.165) is 0 Å². The van der Waals surface area contributed by atoms with Crippen LogP contribution in [0, 0.1) is 0 Å². The van der Waals surface area contributed by atoms with Gasteiger partial charge in [0.25, 0.3) is 0 Å². The molecule has 0 spiro atoms. The molecule has 3 nitrogen and oxygen atoms in total. The van der Waals surface area contributed by atoms with E-state index in [-0.39, 0.29) is 0 Å². The molecule has 0 aliphatic rings. The molecule has 0 aliphatic carbocycles. The molecule has 110 valence electrons. The fourth-order valence-electron chi connectivity index (χ4n) is 0.449. The first-order valence-electron chi connectivity index (χ1n) is 3.56. The molecule has 18 heavy (non-hydrogen) atoms. The van der Waals surface area contributed by atoms with E-state index >= 15 is 0 Å². The molecule has 13 heteroatoms. The maximum Gasteiger partial charge on any atom is 0.490 e. The van der Waals surface area contributed by atoms with Crippen LogP contribution in [0.1, 0.15) is 0 Å². The minimum atomic E-state index is -6.27. The Balaban J connectivity index is 4.66. The quantitative estimate of drug-likeness (QED) is 0.557. The van der Waals surface area contributed by atoms with E-state index in [9.17, 15) is 44.0 Å². The lowest BCUT2D eigenvalue weighted by atomic mass is 10.6. The normalized spacial score (nSPS) is 15.0. The number of halogens is 10. The van der Waals surface area contributed by atoms with Gasteiger partial charge >= 0.3 is 24.7 Å². The van der Waals surface area contributed by atoms with Crippen molar-refractivity contribution in [2.75, 3.05) is 6.61 Å². The summed E-state index contributed by atoms with van der Waals surface area (Å²) in [7, 11) is 0. The largest absolute Gasteiger partial charge is 0.490 e. The van der Waals surface area contributed by atoms with Crippen LogP contribution >= 0.6 is 0 Å². The summed E-state index contributed by atoms with van der Waals surface area (Å²) >= 11 is 0. The average molecular weight is 300 g/mol. The summed E-state index contributed by atoms with van der Waals surface area (Å²) in [6, 6.07) is 0. The first-order chi connectivity index (χ1) is 7.72. The molecule has 0 fully saturated rings. The van der Waals surface area contributed by atoms with Crippen LogP contribution in [0.3, 0.4) is 0 Å². The summed E-state index contributed by atoms with van der Waals surface area (Å²) in [5, 5.41) is 0. The van der Waals surface area contributed by atoms with Gasteiger partial charge in [-0.25, -0.2) is 4.74 Å². The van der Waals surface area contributed by atoms with Crippen molar-refractivity contribution in [3.8, 4) is 0 Å². The summed E-state index contributed by atoms with van der Waals surface area (Å²) in [4.78, 5) is 1.37. The zero-order chi connectivity index (χ0) is 14.8. The Morgan fingerprint density at radius 3 is 1.50 bits per heavy atom. The number of alkyl halides is 9. The highest BCUT2D eigenvalue weighted by atomic mass is 19.4. The summed E-state index contributed by atoms with van der Waals surface area (Å²) in [6.07, 6.45) is -23.5. The molecule has 0 bridgehead atoms. The molecule has 0 aromatic heterocycles. The van der Waals surface area contributed by atoms with Crippen molar-refractivity contribution in [2.45, 2.75) is 24.7 Å². The van der Waals surface area contributed by atoms with Crippen molar-refractivity contribution in [2.24, 2.45) is 0 Å². The van der Waals surface area contributed by atoms with E-state index in [1.54, 1.807) is 0 Å². The van der Waals surface area contributed by atoms with Crippen LogP contribution in [0.2, 0.25) is 0 Å². The van der Waals surface area contributed by atoms with Crippen LogP contribution in [0.25, 0.3) is 0 Å². The zero-order valence-corrected chi connectivity index (χ0v) is 7.71. The molecule has 0 unspecified atom stereocenters. The van der Waals surface area contributed by atoms with Gasteiger partial charge in [-0.15, -0.1) is 13.7 Å². The van der Waals surface area contributed by atoms with Crippen LogP contribution in [0.15, 0.2) is 0 Å². The van der Waals surface area contributed by atoms with Crippen molar-refractivity contribution in [1.29, 1.82) is 0 Å². The Kier molecular flexibility index (Phi) is 4.82. The van der Waals surface area contributed by atoms with Crippen LogP contribution < -0.4 is 0 Å². The van der Waals surface area contributed by atoms with Gasteiger partial charge in [-0.1, -0.05) is 0 Å². The summed E-state index contributed by atoms with van der Waals surface area (Å²) in [6.45, 7) is -2.77. The summed E-state index contributed by atoms with van der Waals surface area (Å²) < 4.78 is 122. The van der Waals surface area contributed by atoms with Crippen LogP contribution in [-0.2, 0) is 14.4 Å². The Bertz CT molecular complexity index is 273. The van der Waals surface area contributed by atoms with Gasteiger partial charge < -0.3 is 0 Å². The maximum atomic E-state index is 12.2. The van der Waals surface area contributed by atoms with E-state index in [1.165, 1.54) is 4.94 Å². The molecule has 0 radical (unpaired) electrons. The lowest BCUT2D eigenvalue weighted by molar-refractivity contribution is -0.549. The lowest BCUT2D eigenvalue weighted by Gasteiger charge is -2.26. The number of hydrogen-bond donors (Lipinski definition) is 0. The maximum absolute atomic E-state index is 12.2. The third-order valence-corrected chi connectivity index (χ3v) is 1.09. The van der Waals surface area contributed by atoms with E-state index in [2.05, 4.69) is 4.74 Å². The molecular formula is C5H2F10O3. The van der Waals surface area contributed by atoms with Crippen LogP contribution in [0.4, 0.5) is 44.0 Å². The minimum Gasteiger partial charge on any atom is -0.286 e. The van der Waals surface area contributed by atoms with Gasteiger partial charge in [-0.05, 0) is 4.53 Å². The topological polar surface area (TPSA) is 27.7 Å². The average Bonchev–Trinajstić information content (AvgIpc) is 2.12. The van der Waals surface area contributed by atoms with Gasteiger partial charge in [-0.2, -0.15) is 30.7 Å². The molecule has 0 saturated heterocycles. The van der Waals surface area contributed by atoms with Crippen molar-refractivity contribution < 1.29 is 58.5 Å². The van der Waals surface area contributed by atoms with E-state index in [1.807, 2.05) is 4.74 Å². The molecular weight excluding hydrogens is 298 g/mol. The molecule has 0 saturated carbocycles. The van der Waals surface area contributed by atoms with Gasteiger partial charge in [-0.3, -0.25) is 4.74 Å². The highest BCUT2D eigenvalue weighted by Crippen LogP contribution is 2.41. The number of rotatable bonds is 6. The Morgan fingerprint density at radius 2 is 1.17 bits per heavy atom. The van der Waals surface area contributed by atoms with Gasteiger partial charge in [0.05, 0.1) is 0 Å². The summed E-state index contributed by atoms with van der Waals surface area (Å²) in [5.41, 5.74) is 0. The SMILES string of the molecule is FOC(F)(F)C(F)(F)OC(F)(F)OCC(F)(F)F. The zero-order valence-electron chi connectivity index (χ0n) is 7.71. The van der Waals surface area contributed by atoms with Gasteiger partial charge in [0.2, 0.25) is 0 Å². The van der Waals surface area contributed by atoms with Crippen LogP contribution in [-0.4, -0.2) is 31.3 Å². The van der Waals surface area contributed by atoms with Crippen molar-refractivity contribution in [3.05, 3.63) is 0 Å². The molecule has 0 aromatic carbocycles. The summed E-state index contributed by atoms with van der Waals surface area (Å²) in [5.74, 6) is 0. The second-order valence-electron chi connectivity index (χ2n) is 2.58. The third-order valence-electron chi connectivity index (χ3n) is 1.09. The van der Waals surface area contributed by atoms with E-state index < -0.39 is 31.3 Å². The standard InChI is InChI=1S/C5H2F10O3/c6-2(7,8)1-16-5(13,14)17-3(9,10)4(11,12)18-15/h1H2. The second kappa shape index (κ2) is 5.05. The van der Waals surface area contributed by atoms with Gasteiger partial charge in [0.1, 0.15) is 0 Å². The predicted octanol–water partition coefficient (Wildman–Crippen LogP) is 3.22. The van der Waals surface area contributed by atoms with Crippen LogP contribution in [0.5, 0.6) is 0 Å². The molecule has 0 atom stereocenters. The molecule has 0 heterocycles. The lowest BCUT2D eigenvalue weighted by Crippen LogP contribution is -2.49. The third kappa shape index (κ3) is 5.22. The van der Waals surface area contributed by atoms with Gasteiger partial charge in [0, 0.05) is 0 Å². The monoisotopic (exact) mass is 300 g/mol. The predicted molar refractivity (Wildman–Crippen MR) is 30.1 cm³/mol. The first-order valence-corrected chi connectivity index (χ1v) is 3.56. The Hall–Kier alpha value is -0.820. The Morgan fingerprint density at radius 1 is 0.722 bits per heavy atom. The van der Waals surface area contributed by atoms with E-state index in [0.29, 0.717) is 0 Å². The van der Waals surface area contributed by atoms with Crippen molar-refractivity contribution in [3.63, 3.8) is 0 Å². The molecule has 0 aromatic rings. The number of ether oxygens (including phenoxy) is 2. The molecule has 0 rings (SSSR count). The fraction of sp³-hybridized carbons (Fsp3) is 1.00. The number of hydrogen-bond acceptors (Lipinski definition) is 3. The Labute approximate surface area is 91.1 Å². The molecule has 0 aliphatic heterocycles. The first kappa shape index (κ1) is 17.2. The smallest absolute Gasteiger partial charge is 0.286 e. The molecule has 0 N–H and O–H groups in total. The van der Waals surface area contributed by atoms with Crippen molar-refractivity contribution in [1.82, 2.24) is 0 Å². The van der Waals surface area contributed by atoms with Crippen molar-refractivity contribution >= 4 is 0 Å². The van der Waals surface area contributed by atoms with Gasteiger partial charge in [0.15, 0.2) is 6.61 Å². The molecule has 0 amide bonds. The highest BCUT2D eigenvalue weighted by Gasteiger charge is 2.66. The second-order valence-corrected chi connectivity index (χ2v) is 2.58. The minimum absolute atomic E-state index is 1.37. The van der Waals surface area contributed by atoms with E-state index in [4.69, 9.17) is 0 Å². The fourth-order valence-corrected chi connectivity index (χ4v) is 0.449.